The molecule has 4 heteroatoms. The molecule has 0 bridgehead atoms. The Labute approximate surface area is 139 Å². The lowest BCUT2D eigenvalue weighted by Crippen LogP contribution is -2.49. The second-order valence-corrected chi connectivity index (χ2v) is 6.35. The number of methoxy groups -OCH3 is 2. The van der Waals surface area contributed by atoms with Crippen molar-refractivity contribution in [3.63, 3.8) is 0 Å². The quantitative estimate of drug-likeness (QED) is 0.743. The zero-order valence-electron chi connectivity index (χ0n) is 14.7. The normalized spacial score (nSPS) is 29.3. The van der Waals surface area contributed by atoms with Crippen LogP contribution in [0.1, 0.15) is 32.6 Å². The zero-order chi connectivity index (χ0) is 17.0. The van der Waals surface area contributed by atoms with Crippen molar-refractivity contribution in [1.29, 1.82) is 0 Å². The van der Waals surface area contributed by atoms with Gasteiger partial charge in [-0.3, -0.25) is 0 Å². The van der Waals surface area contributed by atoms with Crippen LogP contribution in [0.5, 0.6) is 5.75 Å². The second-order valence-electron chi connectivity index (χ2n) is 6.35. The maximum absolute atomic E-state index is 6.24. The molecule has 0 saturated carbocycles. The molecule has 0 radical (unpaired) electrons. The predicted octanol–water partition coefficient (Wildman–Crippen LogP) is 3.97. The molecule has 0 N–H and O–H groups in total. The molecule has 1 aromatic carbocycles. The lowest BCUT2D eigenvalue weighted by atomic mass is 9.86. The van der Waals surface area contributed by atoms with Gasteiger partial charge in [0.05, 0.1) is 19.3 Å². The van der Waals surface area contributed by atoms with Crippen LogP contribution in [0.4, 0.5) is 0 Å². The van der Waals surface area contributed by atoms with Gasteiger partial charge < -0.3 is 18.9 Å². The lowest BCUT2D eigenvalue weighted by molar-refractivity contribution is -0.293. The molecule has 1 fully saturated rings. The molecule has 1 aromatic rings. The van der Waals surface area contributed by atoms with Crippen molar-refractivity contribution >= 4 is 0 Å². The van der Waals surface area contributed by atoms with Gasteiger partial charge in [-0.2, -0.15) is 0 Å². The van der Waals surface area contributed by atoms with Gasteiger partial charge in [0, 0.05) is 18.6 Å². The van der Waals surface area contributed by atoms with Crippen molar-refractivity contribution in [2.45, 2.75) is 45.4 Å². The first-order valence-corrected chi connectivity index (χ1v) is 8.12. The van der Waals surface area contributed by atoms with E-state index in [1.54, 1.807) is 20.3 Å². The van der Waals surface area contributed by atoms with Gasteiger partial charge >= 0.3 is 0 Å². The Kier molecular flexibility index (Phi) is 6.22. The van der Waals surface area contributed by atoms with Crippen LogP contribution in [0.15, 0.2) is 36.9 Å². The third-order valence-corrected chi connectivity index (χ3v) is 4.47. The van der Waals surface area contributed by atoms with Crippen LogP contribution in [0.3, 0.4) is 0 Å². The molecule has 2 rings (SSSR count). The summed E-state index contributed by atoms with van der Waals surface area (Å²) in [5.74, 6) is 1.42. The molecule has 0 spiro atoms. The minimum Gasteiger partial charge on any atom is -0.497 e. The molecule has 0 aromatic heterocycles. The topological polar surface area (TPSA) is 36.9 Å². The standard InChI is InChI=1S/C19H28O4/c1-7-16(21-6)18-13(4)17(12(2)3)22-19(23-18)14-8-10-15(20-5)11-9-14/h7-13,16-19H,1H2,2-6H3/t13-,16-,17-,18+,19-/m1/s1. The Balaban J connectivity index is 2.26. The lowest BCUT2D eigenvalue weighted by Gasteiger charge is -2.44. The molecular formula is C19H28O4. The minimum absolute atomic E-state index is 0.0919. The van der Waals surface area contributed by atoms with Crippen LogP contribution in [-0.2, 0) is 14.2 Å². The summed E-state index contributed by atoms with van der Waals surface area (Å²) in [4.78, 5) is 0. The summed E-state index contributed by atoms with van der Waals surface area (Å²) in [6.45, 7) is 10.4. The molecule has 128 valence electrons. The predicted molar refractivity (Wildman–Crippen MR) is 90.5 cm³/mol. The van der Waals surface area contributed by atoms with E-state index in [0.717, 1.165) is 11.3 Å². The van der Waals surface area contributed by atoms with E-state index < -0.39 is 6.29 Å². The van der Waals surface area contributed by atoms with Crippen molar-refractivity contribution in [2.24, 2.45) is 11.8 Å². The average Bonchev–Trinajstić information content (AvgIpc) is 2.57. The SMILES string of the molecule is C=C[C@@H](OC)[C@H]1O[C@H](c2ccc(OC)cc2)O[C@H](C(C)C)[C@H]1C. The van der Waals surface area contributed by atoms with Gasteiger partial charge in [0.25, 0.3) is 0 Å². The number of benzene rings is 1. The van der Waals surface area contributed by atoms with E-state index in [2.05, 4.69) is 27.4 Å². The third kappa shape index (κ3) is 3.94. The molecule has 1 heterocycles. The molecule has 0 amide bonds. The van der Waals surface area contributed by atoms with Crippen LogP contribution < -0.4 is 4.74 Å². The van der Waals surface area contributed by atoms with Crippen LogP contribution in [0.25, 0.3) is 0 Å². The van der Waals surface area contributed by atoms with Crippen molar-refractivity contribution in [2.75, 3.05) is 14.2 Å². The summed E-state index contributed by atoms with van der Waals surface area (Å²) < 4.78 is 23.2. The molecule has 23 heavy (non-hydrogen) atoms. The van der Waals surface area contributed by atoms with Crippen molar-refractivity contribution < 1.29 is 18.9 Å². The molecule has 1 saturated heterocycles. The van der Waals surface area contributed by atoms with E-state index >= 15 is 0 Å². The molecular weight excluding hydrogens is 292 g/mol. The highest BCUT2D eigenvalue weighted by molar-refractivity contribution is 5.28. The Morgan fingerprint density at radius 1 is 1.09 bits per heavy atom. The fraction of sp³-hybridized carbons (Fsp3) is 0.579. The van der Waals surface area contributed by atoms with Gasteiger partial charge in [-0.15, -0.1) is 6.58 Å². The molecule has 0 unspecified atom stereocenters. The van der Waals surface area contributed by atoms with Gasteiger partial charge in [-0.05, 0) is 18.1 Å². The molecule has 1 aliphatic rings. The maximum Gasteiger partial charge on any atom is 0.184 e. The monoisotopic (exact) mass is 320 g/mol. The summed E-state index contributed by atoms with van der Waals surface area (Å²) >= 11 is 0. The summed E-state index contributed by atoms with van der Waals surface area (Å²) in [6, 6.07) is 7.79. The van der Waals surface area contributed by atoms with Gasteiger partial charge in [0.1, 0.15) is 11.9 Å². The third-order valence-electron chi connectivity index (χ3n) is 4.47. The largest absolute Gasteiger partial charge is 0.497 e. The van der Waals surface area contributed by atoms with E-state index in [1.807, 2.05) is 24.3 Å². The van der Waals surface area contributed by atoms with Gasteiger partial charge in [-0.1, -0.05) is 39.0 Å². The van der Waals surface area contributed by atoms with E-state index in [1.165, 1.54) is 0 Å². The first-order chi connectivity index (χ1) is 11.0. The van der Waals surface area contributed by atoms with Gasteiger partial charge in [0.15, 0.2) is 6.29 Å². The van der Waals surface area contributed by atoms with Crippen LogP contribution >= 0.6 is 0 Å². The van der Waals surface area contributed by atoms with Crippen LogP contribution in [0.2, 0.25) is 0 Å². The average molecular weight is 320 g/mol. The zero-order valence-corrected chi connectivity index (χ0v) is 14.7. The van der Waals surface area contributed by atoms with Crippen molar-refractivity contribution in [3.05, 3.63) is 42.5 Å². The second kappa shape index (κ2) is 7.95. The fourth-order valence-electron chi connectivity index (χ4n) is 3.18. The molecule has 1 aliphatic heterocycles. The number of hydrogen-bond acceptors (Lipinski definition) is 4. The maximum atomic E-state index is 6.24. The van der Waals surface area contributed by atoms with E-state index in [9.17, 15) is 0 Å². The number of rotatable bonds is 6. The first kappa shape index (κ1) is 18.0. The Morgan fingerprint density at radius 2 is 1.70 bits per heavy atom. The smallest absolute Gasteiger partial charge is 0.184 e. The Hall–Kier alpha value is -1.36. The summed E-state index contributed by atoms with van der Waals surface area (Å²) in [5, 5.41) is 0. The highest BCUT2D eigenvalue weighted by Gasteiger charge is 2.41. The van der Waals surface area contributed by atoms with Crippen LogP contribution in [-0.4, -0.2) is 32.5 Å². The van der Waals surface area contributed by atoms with Gasteiger partial charge in [0.2, 0.25) is 0 Å². The molecule has 5 atom stereocenters. The number of ether oxygens (including phenoxy) is 4. The summed E-state index contributed by atoms with van der Waals surface area (Å²) in [6.07, 6.45) is 1.24. The number of hydrogen-bond donors (Lipinski definition) is 0. The van der Waals surface area contributed by atoms with E-state index in [0.29, 0.717) is 5.92 Å². The minimum atomic E-state index is -0.410. The Morgan fingerprint density at radius 3 is 2.17 bits per heavy atom. The van der Waals surface area contributed by atoms with E-state index in [4.69, 9.17) is 18.9 Å². The highest BCUT2D eigenvalue weighted by atomic mass is 16.7. The summed E-state index contributed by atoms with van der Waals surface area (Å²) in [7, 11) is 3.34. The van der Waals surface area contributed by atoms with Crippen molar-refractivity contribution in [3.8, 4) is 5.75 Å². The molecule has 4 nitrogen and oxygen atoms in total. The highest BCUT2D eigenvalue weighted by Crippen LogP contribution is 2.38. The first-order valence-electron chi connectivity index (χ1n) is 8.12. The van der Waals surface area contributed by atoms with Gasteiger partial charge in [-0.25, -0.2) is 0 Å². The van der Waals surface area contributed by atoms with Crippen molar-refractivity contribution in [1.82, 2.24) is 0 Å². The molecule has 0 aliphatic carbocycles. The summed E-state index contributed by atoms with van der Waals surface area (Å²) in [5.41, 5.74) is 0.979. The fourth-order valence-corrected chi connectivity index (χ4v) is 3.18. The Bertz CT molecular complexity index is 497. The van der Waals surface area contributed by atoms with E-state index in [-0.39, 0.29) is 24.2 Å². The van der Waals surface area contributed by atoms with Crippen LogP contribution in [0, 0.1) is 11.8 Å².